The second-order valence-corrected chi connectivity index (χ2v) is 6.50. The Morgan fingerprint density at radius 1 is 1.41 bits per heavy atom. The van der Waals surface area contributed by atoms with E-state index in [2.05, 4.69) is 20.9 Å². The maximum Gasteiger partial charge on any atom is 0.317 e. The van der Waals surface area contributed by atoms with E-state index in [9.17, 15) is 4.79 Å². The molecule has 0 saturated heterocycles. The van der Waals surface area contributed by atoms with Gasteiger partial charge >= 0.3 is 5.97 Å². The van der Waals surface area contributed by atoms with Gasteiger partial charge in [-0.1, -0.05) is 11.6 Å². The first kappa shape index (κ1) is 15.3. The summed E-state index contributed by atoms with van der Waals surface area (Å²) >= 11 is 10.6. The standard InChI is InChI=1S/C15H9BrClNO3S/c16-11-6-9(17)3-4-12(11)21-14(19)7-10-8-22-15(18-10)13-2-1-5-20-13/h1-6,8H,7H2. The number of aromatic nitrogens is 1. The van der Waals surface area contributed by atoms with Gasteiger partial charge in [-0.2, -0.15) is 0 Å². The Labute approximate surface area is 143 Å². The number of carbonyl (C=O) groups is 1. The van der Waals surface area contributed by atoms with Crippen LogP contribution in [-0.4, -0.2) is 11.0 Å². The fourth-order valence-electron chi connectivity index (χ4n) is 1.77. The number of esters is 1. The number of halogens is 2. The third-order valence-electron chi connectivity index (χ3n) is 2.73. The van der Waals surface area contributed by atoms with Gasteiger partial charge in [0.15, 0.2) is 10.8 Å². The van der Waals surface area contributed by atoms with Crippen LogP contribution >= 0.6 is 38.9 Å². The van der Waals surface area contributed by atoms with Crippen molar-refractivity contribution >= 4 is 44.8 Å². The van der Waals surface area contributed by atoms with Crippen molar-refractivity contribution in [3.05, 3.63) is 57.2 Å². The molecule has 112 valence electrons. The van der Waals surface area contributed by atoms with Crippen LogP contribution in [0.5, 0.6) is 5.75 Å². The van der Waals surface area contributed by atoms with E-state index in [-0.39, 0.29) is 12.4 Å². The molecule has 0 aliphatic rings. The Kier molecular flexibility index (Phi) is 4.61. The van der Waals surface area contributed by atoms with Gasteiger partial charge in [0.25, 0.3) is 0 Å². The fraction of sp³-hybridized carbons (Fsp3) is 0.0667. The molecule has 0 aliphatic carbocycles. The van der Waals surface area contributed by atoms with E-state index in [0.29, 0.717) is 26.7 Å². The number of nitrogens with zero attached hydrogens (tertiary/aromatic N) is 1. The lowest BCUT2D eigenvalue weighted by Gasteiger charge is -2.05. The summed E-state index contributed by atoms with van der Waals surface area (Å²) in [7, 11) is 0. The Morgan fingerprint density at radius 3 is 3.00 bits per heavy atom. The second-order valence-electron chi connectivity index (χ2n) is 4.35. The Balaban J connectivity index is 1.67. The highest BCUT2D eigenvalue weighted by molar-refractivity contribution is 9.10. The number of rotatable bonds is 4. The maximum atomic E-state index is 12.0. The molecule has 0 unspecified atom stereocenters. The highest BCUT2D eigenvalue weighted by Crippen LogP contribution is 2.29. The Morgan fingerprint density at radius 2 is 2.27 bits per heavy atom. The molecule has 3 aromatic rings. The van der Waals surface area contributed by atoms with Crippen LogP contribution in [-0.2, 0) is 11.2 Å². The predicted molar refractivity (Wildman–Crippen MR) is 88.3 cm³/mol. The summed E-state index contributed by atoms with van der Waals surface area (Å²) in [4.78, 5) is 16.3. The van der Waals surface area contributed by atoms with Gasteiger partial charge in [0.1, 0.15) is 5.75 Å². The zero-order valence-electron chi connectivity index (χ0n) is 11.1. The molecule has 0 radical (unpaired) electrons. The summed E-state index contributed by atoms with van der Waals surface area (Å²) < 4.78 is 11.2. The van der Waals surface area contributed by atoms with Crippen molar-refractivity contribution in [2.45, 2.75) is 6.42 Å². The summed E-state index contributed by atoms with van der Waals surface area (Å²) in [5, 5.41) is 3.12. The highest BCUT2D eigenvalue weighted by Gasteiger charge is 2.13. The molecule has 0 atom stereocenters. The lowest BCUT2D eigenvalue weighted by atomic mass is 10.3. The molecule has 7 heteroatoms. The summed E-state index contributed by atoms with van der Waals surface area (Å²) in [6.07, 6.45) is 1.68. The van der Waals surface area contributed by atoms with Crippen LogP contribution in [0.3, 0.4) is 0 Å². The van der Waals surface area contributed by atoms with Crippen molar-refractivity contribution in [3.63, 3.8) is 0 Å². The first-order chi connectivity index (χ1) is 10.6. The third kappa shape index (κ3) is 3.58. The molecule has 0 aliphatic heterocycles. The zero-order valence-corrected chi connectivity index (χ0v) is 14.2. The summed E-state index contributed by atoms with van der Waals surface area (Å²) in [6, 6.07) is 8.59. The first-order valence-electron chi connectivity index (χ1n) is 6.26. The van der Waals surface area contributed by atoms with Crippen LogP contribution < -0.4 is 4.74 Å². The van der Waals surface area contributed by atoms with E-state index < -0.39 is 0 Å². The smallest absolute Gasteiger partial charge is 0.317 e. The molecule has 22 heavy (non-hydrogen) atoms. The van der Waals surface area contributed by atoms with Gasteiger partial charge in [-0.15, -0.1) is 11.3 Å². The largest absolute Gasteiger partial charge is 0.462 e. The normalized spacial score (nSPS) is 10.6. The van der Waals surface area contributed by atoms with E-state index in [1.54, 1.807) is 30.5 Å². The van der Waals surface area contributed by atoms with Crippen molar-refractivity contribution in [2.24, 2.45) is 0 Å². The van der Waals surface area contributed by atoms with Crippen molar-refractivity contribution in [1.82, 2.24) is 4.98 Å². The number of carbonyl (C=O) groups excluding carboxylic acids is 1. The average molecular weight is 399 g/mol. The van der Waals surface area contributed by atoms with Crippen molar-refractivity contribution < 1.29 is 13.9 Å². The van der Waals surface area contributed by atoms with Gasteiger partial charge in [-0.25, -0.2) is 4.98 Å². The van der Waals surface area contributed by atoms with Gasteiger partial charge in [-0.3, -0.25) is 4.79 Å². The molecule has 0 amide bonds. The third-order valence-corrected chi connectivity index (χ3v) is 4.49. The fourth-order valence-corrected chi connectivity index (χ4v) is 3.32. The summed E-state index contributed by atoms with van der Waals surface area (Å²) in [6.45, 7) is 0. The lowest BCUT2D eigenvalue weighted by Crippen LogP contribution is -2.11. The molecule has 4 nitrogen and oxygen atoms in total. The van der Waals surface area contributed by atoms with Crippen LogP contribution in [0.1, 0.15) is 5.69 Å². The SMILES string of the molecule is O=C(Cc1csc(-c2ccco2)n1)Oc1ccc(Cl)cc1Br. The van der Waals surface area contributed by atoms with E-state index in [4.69, 9.17) is 20.8 Å². The summed E-state index contributed by atoms with van der Waals surface area (Å²) in [5.41, 5.74) is 0.645. The number of hydrogen-bond donors (Lipinski definition) is 0. The quantitative estimate of drug-likeness (QED) is 0.460. The number of thiazole rings is 1. The molecule has 2 heterocycles. The minimum absolute atomic E-state index is 0.0896. The number of furan rings is 1. The molecule has 1 aromatic carbocycles. The Bertz CT molecular complexity index is 801. The van der Waals surface area contributed by atoms with Gasteiger partial charge in [0, 0.05) is 10.4 Å². The molecule has 0 saturated carbocycles. The second kappa shape index (κ2) is 6.64. The zero-order chi connectivity index (χ0) is 15.5. The molecule has 3 rings (SSSR count). The molecule has 2 aromatic heterocycles. The van der Waals surface area contributed by atoms with Gasteiger partial charge in [0.2, 0.25) is 0 Å². The molecular weight excluding hydrogens is 390 g/mol. The average Bonchev–Trinajstić information content (AvgIpc) is 3.12. The molecule has 0 N–H and O–H groups in total. The number of hydrogen-bond acceptors (Lipinski definition) is 5. The minimum Gasteiger partial charge on any atom is -0.462 e. The van der Waals surface area contributed by atoms with E-state index in [1.807, 2.05) is 11.4 Å². The maximum absolute atomic E-state index is 12.0. The van der Waals surface area contributed by atoms with Gasteiger partial charge in [0.05, 0.1) is 22.9 Å². The van der Waals surface area contributed by atoms with Crippen molar-refractivity contribution in [1.29, 1.82) is 0 Å². The lowest BCUT2D eigenvalue weighted by molar-refractivity contribution is -0.133. The van der Waals surface area contributed by atoms with E-state index in [0.717, 1.165) is 5.01 Å². The monoisotopic (exact) mass is 397 g/mol. The number of ether oxygens (including phenoxy) is 1. The van der Waals surface area contributed by atoms with E-state index >= 15 is 0 Å². The van der Waals surface area contributed by atoms with Crippen LogP contribution in [0, 0.1) is 0 Å². The topological polar surface area (TPSA) is 52.3 Å². The molecule has 0 bridgehead atoms. The van der Waals surface area contributed by atoms with Crippen LogP contribution in [0.2, 0.25) is 5.02 Å². The molecule has 0 spiro atoms. The van der Waals surface area contributed by atoms with Crippen molar-refractivity contribution in [2.75, 3.05) is 0 Å². The van der Waals surface area contributed by atoms with Gasteiger partial charge in [-0.05, 0) is 46.3 Å². The summed E-state index contributed by atoms with van der Waals surface area (Å²) in [5.74, 6) is 0.722. The molecular formula is C15H9BrClNO3S. The number of benzene rings is 1. The minimum atomic E-state index is -0.390. The van der Waals surface area contributed by atoms with Crippen LogP contribution in [0.25, 0.3) is 10.8 Å². The van der Waals surface area contributed by atoms with Crippen LogP contribution in [0.15, 0.2) is 50.9 Å². The Hall–Kier alpha value is -1.63. The first-order valence-corrected chi connectivity index (χ1v) is 8.31. The highest BCUT2D eigenvalue weighted by atomic mass is 79.9. The van der Waals surface area contributed by atoms with Gasteiger partial charge < -0.3 is 9.15 Å². The van der Waals surface area contributed by atoms with Crippen molar-refractivity contribution in [3.8, 4) is 16.5 Å². The predicted octanol–water partition coefficient (Wildman–Crippen LogP) is 4.97. The van der Waals surface area contributed by atoms with Crippen LogP contribution in [0.4, 0.5) is 0 Å². The molecule has 0 fully saturated rings. The van der Waals surface area contributed by atoms with E-state index in [1.165, 1.54) is 11.3 Å².